The average Bonchev–Trinajstić information content (AvgIpc) is 2.84. The highest BCUT2D eigenvalue weighted by Crippen LogP contribution is 2.25. The molecule has 25 heavy (non-hydrogen) atoms. The van der Waals surface area contributed by atoms with E-state index in [1.807, 2.05) is 51.1 Å². The Balaban J connectivity index is 2.10. The fourth-order valence-electron chi connectivity index (χ4n) is 3.02. The van der Waals surface area contributed by atoms with Gasteiger partial charge in [-0.15, -0.1) is 0 Å². The van der Waals surface area contributed by atoms with Gasteiger partial charge in [-0.2, -0.15) is 0 Å². The molecule has 6 heteroatoms. The van der Waals surface area contributed by atoms with Crippen molar-refractivity contribution in [3.8, 4) is 5.69 Å². The molecule has 2 heterocycles. The van der Waals surface area contributed by atoms with E-state index in [-0.39, 0.29) is 5.57 Å². The first kappa shape index (κ1) is 16.7. The molecule has 0 saturated carbocycles. The second-order valence-corrected chi connectivity index (χ2v) is 6.13. The second-order valence-electron chi connectivity index (χ2n) is 6.13. The molecule has 1 saturated heterocycles. The highest BCUT2D eigenvalue weighted by atomic mass is 16.2. The van der Waals surface area contributed by atoms with Gasteiger partial charge >= 0.3 is 6.03 Å². The van der Waals surface area contributed by atoms with Crippen LogP contribution in [0.2, 0.25) is 0 Å². The predicted molar refractivity (Wildman–Crippen MR) is 94.3 cm³/mol. The molecule has 0 spiro atoms. The first-order valence-electron chi connectivity index (χ1n) is 7.91. The Bertz CT molecular complexity index is 937. The Hall–Kier alpha value is -3.15. The van der Waals surface area contributed by atoms with E-state index < -0.39 is 17.8 Å². The summed E-state index contributed by atoms with van der Waals surface area (Å²) in [4.78, 5) is 36.7. The molecular weight excluding hydrogens is 318 g/mol. The molecule has 0 unspecified atom stereocenters. The van der Waals surface area contributed by atoms with Crippen LogP contribution < -0.4 is 5.32 Å². The smallest absolute Gasteiger partial charge is 0.318 e. The molecule has 0 radical (unpaired) electrons. The zero-order valence-electron chi connectivity index (χ0n) is 14.6. The lowest BCUT2D eigenvalue weighted by atomic mass is 10.1. The van der Waals surface area contributed by atoms with Crippen molar-refractivity contribution in [3.63, 3.8) is 0 Å². The lowest BCUT2D eigenvalue weighted by Gasteiger charge is -2.22. The minimum atomic E-state index is -0.711. The van der Waals surface area contributed by atoms with Gasteiger partial charge in [-0.25, -0.2) is 4.79 Å². The number of imide groups is 2. The molecule has 1 aliphatic rings. The number of para-hydroxylation sites is 1. The van der Waals surface area contributed by atoms with Crippen molar-refractivity contribution in [2.75, 3.05) is 7.05 Å². The third kappa shape index (κ3) is 2.76. The summed E-state index contributed by atoms with van der Waals surface area (Å²) >= 11 is 0. The number of aromatic nitrogens is 1. The normalized spacial score (nSPS) is 16.6. The molecule has 2 aromatic rings. The largest absolute Gasteiger partial charge is 0.331 e. The number of nitrogens with zero attached hydrogens (tertiary/aromatic N) is 2. The zero-order chi connectivity index (χ0) is 18.3. The van der Waals surface area contributed by atoms with Crippen molar-refractivity contribution >= 4 is 23.9 Å². The number of carbonyl (C=O) groups excluding carboxylic acids is 3. The van der Waals surface area contributed by atoms with Crippen LogP contribution in [0.4, 0.5) is 4.79 Å². The van der Waals surface area contributed by atoms with Gasteiger partial charge in [0.25, 0.3) is 11.8 Å². The quantitative estimate of drug-likeness (QED) is 0.676. The van der Waals surface area contributed by atoms with Crippen LogP contribution in [0, 0.1) is 20.8 Å². The van der Waals surface area contributed by atoms with E-state index in [1.165, 1.54) is 13.1 Å². The number of carbonyl (C=O) groups is 3. The number of barbiturate groups is 1. The van der Waals surface area contributed by atoms with Crippen molar-refractivity contribution in [1.82, 2.24) is 14.8 Å². The van der Waals surface area contributed by atoms with Gasteiger partial charge in [0.05, 0.1) is 0 Å². The van der Waals surface area contributed by atoms with E-state index in [0.29, 0.717) is 0 Å². The van der Waals surface area contributed by atoms with E-state index in [4.69, 9.17) is 0 Å². The Labute approximate surface area is 145 Å². The maximum atomic E-state index is 12.2. The van der Waals surface area contributed by atoms with Crippen molar-refractivity contribution in [1.29, 1.82) is 0 Å². The van der Waals surface area contributed by atoms with Crippen LogP contribution in [0.5, 0.6) is 0 Å². The van der Waals surface area contributed by atoms with E-state index >= 15 is 0 Å². The standard InChI is InChI=1S/C19H19N3O3/c1-11-7-5-6-8-16(11)22-12(2)9-14(13(22)3)10-15-17(23)20-19(25)21(4)18(15)24/h5-10H,1-4H3,(H,20,23,25). The summed E-state index contributed by atoms with van der Waals surface area (Å²) in [6.45, 7) is 5.94. The number of hydrogen-bond donors (Lipinski definition) is 1. The van der Waals surface area contributed by atoms with Gasteiger partial charge in [-0.3, -0.25) is 19.8 Å². The Morgan fingerprint density at radius 3 is 2.40 bits per heavy atom. The van der Waals surface area contributed by atoms with Crippen LogP contribution in [-0.4, -0.2) is 34.4 Å². The summed E-state index contributed by atoms with van der Waals surface area (Å²) in [5, 5.41) is 2.16. The fourth-order valence-corrected chi connectivity index (χ4v) is 3.02. The number of benzene rings is 1. The lowest BCUT2D eigenvalue weighted by Crippen LogP contribution is -2.52. The number of hydrogen-bond acceptors (Lipinski definition) is 3. The number of rotatable bonds is 2. The summed E-state index contributed by atoms with van der Waals surface area (Å²) in [7, 11) is 1.34. The Morgan fingerprint density at radius 2 is 1.72 bits per heavy atom. The molecule has 1 aromatic carbocycles. The summed E-state index contributed by atoms with van der Waals surface area (Å²) < 4.78 is 2.09. The molecule has 0 aliphatic carbocycles. The van der Waals surface area contributed by atoms with Crippen molar-refractivity contribution < 1.29 is 14.4 Å². The van der Waals surface area contributed by atoms with Gasteiger partial charge in [-0.1, -0.05) is 18.2 Å². The number of aryl methyl sites for hydroxylation is 2. The highest BCUT2D eigenvalue weighted by Gasteiger charge is 2.33. The molecule has 3 rings (SSSR count). The van der Waals surface area contributed by atoms with E-state index in [0.717, 1.165) is 33.1 Å². The molecule has 4 amide bonds. The number of likely N-dealkylation sites (N-methyl/N-ethyl adjacent to an activating group) is 1. The van der Waals surface area contributed by atoms with Crippen LogP contribution in [0.25, 0.3) is 11.8 Å². The summed E-state index contributed by atoms with van der Waals surface area (Å²) in [5.74, 6) is -1.27. The minimum Gasteiger partial charge on any atom is -0.318 e. The van der Waals surface area contributed by atoms with Crippen LogP contribution in [-0.2, 0) is 9.59 Å². The molecule has 1 fully saturated rings. The van der Waals surface area contributed by atoms with Crippen LogP contribution in [0.3, 0.4) is 0 Å². The molecule has 0 atom stereocenters. The van der Waals surface area contributed by atoms with Crippen molar-refractivity contribution in [2.45, 2.75) is 20.8 Å². The van der Waals surface area contributed by atoms with E-state index in [1.54, 1.807) is 0 Å². The topological polar surface area (TPSA) is 71.4 Å². The number of urea groups is 1. The number of nitrogens with one attached hydrogen (secondary N) is 1. The van der Waals surface area contributed by atoms with E-state index in [9.17, 15) is 14.4 Å². The van der Waals surface area contributed by atoms with Crippen molar-refractivity contribution in [2.24, 2.45) is 0 Å². The Kier molecular flexibility index (Phi) is 4.04. The minimum absolute atomic E-state index is 0.0490. The molecule has 1 aromatic heterocycles. The highest BCUT2D eigenvalue weighted by molar-refractivity contribution is 6.30. The lowest BCUT2D eigenvalue weighted by molar-refractivity contribution is -0.129. The first-order valence-corrected chi connectivity index (χ1v) is 7.91. The average molecular weight is 337 g/mol. The molecule has 0 bridgehead atoms. The van der Waals surface area contributed by atoms with Gasteiger partial charge < -0.3 is 4.57 Å². The summed E-state index contributed by atoms with van der Waals surface area (Å²) in [5.41, 5.74) is 4.80. The SMILES string of the molecule is Cc1ccccc1-n1c(C)cc(C=C2C(=O)NC(=O)N(C)C2=O)c1C. The van der Waals surface area contributed by atoms with Gasteiger partial charge in [0.1, 0.15) is 5.57 Å². The summed E-state index contributed by atoms with van der Waals surface area (Å²) in [6, 6.07) is 9.22. The zero-order valence-corrected chi connectivity index (χ0v) is 14.6. The maximum Gasteiger partial charge on any atom is 0.331 e. The Morgan fingerprint density at radius 1 is 1.04 bits per heavy atom. The van der Waals surface area contributed by atoms with Crippen molar-refractivity contribution in [3.05, 3.63) is 58.4 Å². The molecule has 128 valence electrons. The first-order chi connectivity index (χ1) is 11.8. The van der Waals surface area contributed by atoms with E-state index in [2.05, 4.69) is 9.88 Å². The van der Waals surface area contributed by atoms with Crippen LogP contribution in [0.1, 0.15) is 22.5 Å². The molecule has 1 aliphatic heterocycles. The van der Waals surface area contributed by atoms with Crippen LogP contribution in [0.15, 0.2) is 35.9 Å². The maximum absolute atomic E-state index is 12.2. The molecule has 1 N–H and O–H groups in total. The van der Waals surface area contributed by atoms with Gasteiger partial charge in [0.15, 0.2) is 0 Å². The second kappa shape index (κ2) is 6.05. The predicted octanol–water partition coefficient (Wildman–Crippen LogP) is 2.49. The van der Waals surface area contributed by atoms with Gasteiger partial charge in [-0.05, 0) is 50.1 Å². The summed E-state index contributed by atoms with van der Waals surface area (Å²) in [6.07, 6.45) is 1.54. The third-order valence-corrected chi connectivity index (χ3v) is 4.43. The monoisotopic (exact) mass is 337 g/mol. The third-order valence-electron chi connectivity index (χ3n) is 4.43. The molecular formula is C19H19N3O3. The van der Waals surface area contributed by atoms with Gasteiger partial charge in [0, 0.05) is 24.1 Å². The van der Waals surface area contributed by atoms with Gasteiger partial charge in [0.2, 0.25) is 0 Å². The van der Waals surface area contributed by atoms with Crippen LogP contribution >= 0.6 is 0 Å². The number of amides is 4. The molecule has 6 nitrogen and oxygen atoms in total. The fraction of sp³-hybridized carbons (Fsp3) is 0.211.